The number of nitrogens with zero attached hydrogens (tertiary/aromatic N) is 2. The van der Waals surface area contributed by atoms with E-state index >= 15 is 0 Å². The number of rotatable bonds is 1. The van der Waals surface area contributed by atoms with Crippen molar-refractivity contribution in [3.05, 3.63) is 71.1 Å². The molecule has 0 atom stereocenters. The highest BCUT2D eigenvalue weighted by molar-refractivity contribution is 5.87. The van der Waals surface area contributed by atoms with Gasteiger partial charge in [0.15, 0.2) is 0 Å². The molecule has 0 fully saturated rings. The summed E-state index contributed by atoms with van der Waals surface area (Å²) >= 11 is 0. The van der Waals surface area contributed by atoms with E-state index in [-0.39, 0.29) is 0 Å². The van der Waals surface area contributed by atoms with Gasteiger partial charge in [-0.15, -0.1) is 0 Å². The molecule has 4 nitrogen and oxygen atoms in total. The van der Waals surface area contributed by atoms with Crippen LogP contribution < -0.4 is 11.1 Å². The molecule has 3 N–H and O–H groups in total. The molecule has 2 aromatic rings. The van der Waals surface area contributed by atoms with Gasteiger partial charge in [-0.3, -0.25) is 0 Å². The standard InChI is InChI=1S/C20H18N4/c1-12-10-18-19(11-16(12)22)24(14-6-4-3-5-7-14)20-13(2)15(21)8-9-17(20)23-18/h3-11,21H,22H2,1-2H3. The Hall–Kier alpha value is -3.14. The Balaban J connectivity index is 2.29. The Morgan fingerprint density at radius 1 is 1.00 bits per heavy atom. The van der Waals surface area contributed by atoms with Crippen LogP contribution in [-0.4, -0.2) is 9.55 Å². The molecular weight excluding hydrogens is 296 g/mol. The summed E-state index contributed by atoms with van der Waals surface area (Å²) in [5.41, 5.74) is 13.5. The highest BCUT2D eigenvalue weighted by Crippen LogP contribution is 2.31. The number of nitrogen functional groups attached to an aromatic ring is 1. The molecule has 2 aliphatic rings. The van der Waals surface area contributed by atoms with Gasteiger partial charge in [0.25, 0.3) is 0 Å². The number of para-hydroxylation sites is 1. The van der Waals surface area contributed by atoms with Gasteiger partial charge in [0.05, 0.1) is 27.8 Å². The molecule has 0 unspecified atom stereocenters. The monoisotopic (exact) mass is 314 g/mol. The van der Waals surface area contributed by atoms with E-state index in [0.717, 1.165) is 44.9 Å². The van der Waals surface area contributed by atoms with Crippen LogP contribution in [0, 0.1) is 19.3 Å². The average molecular weight is 314 g/mol. The number of nitrogens with two attached hydrogens (primary N) is 1. The zero-order valence-corrected chi connectivity index (χ0v) is 13.7. The quantitative estimate of drug-likeness (QED) is 0.414. The lowest BCUT2D eigenvalue weighted by Gasteiger charge is -2.21. The molecule has 0 bridgehead atoms. The van der Waals surface area contributed by atoms with Gasteiger partial charge in [-0.2, -0.15) is 0 Å². The predicted molar refractivity (Wildman–Crippen MR) is 97.4 cm³/mol. The van der Waals surface area contributed by atoms with Crippen molar-refractivity contribution in [3.63, 3.8) is 0 Å². The minimum atomic E-state index is 0.508. The summed E-state index contributed by atoms with van der Waals surface area (Å²) in [5.74, 6) is 0. The lowest BCUT2D eigenvalue weighted by atomic mass is 10.1. The van der Waals surface area contributed by atoms with Gasteiger partial charge in [0, 0.05) is 16.9 Å². The first-order chi connectivity index (χ1) is 11.6. The minimum Gasteiger partial charge on any atom is -0.398 e. The Morgan fingerprint density at radius 3 is 2.50 bits per heavy atom. The van der Waals surface area contributed by atoms with Gasteiger partial charge >= 0.3 is 0 Å². The van der Waals surface area contributed by atoms with Gasteiger partial charge in [-0.1, -0.05) is 18.2 Å². The molecule has 118 valence electrons. The first kappa shape index (κ1) is 14.5. The van der Waals surface area contributed by atoms with Gasteiger partial charge in [-0.25, -0.2) is 4.98 Å². The zero-order valence-electron chi connectivity index (χ0n) is 13.7. The number of hydrogen-bond acceptors (Lipinski definition) is 3. The molecule has 4 rings (SSSR count). The molecule has 0 aromatic heterocycles. The average Bonchev–Trinajstić information content (AvgIpc) is 2.59. The number of aryl methyl sites for hydroxylation is 1. The van der Waals surface area contributed by atoms with Crippen LogP contribution in [0.3, 0.4) is 0 Å². The van der Waals surface area contributed by atoms with Crippen LogP contribution in [0.15, 0.2) is 54.6 Å². The zero-order chi connectivity index (χ0) is 16.8. The van der Waals surface area contributed by atoms with Crippen LogP contribution in [0.25, 0.3) is 28.1 Å². The third-order valence-electron chi connectivity index (χ3n) is 4.49. The molecule has 0 saturated carbocycles. The number of hydrogen-bond donors (Lipinski definition) is 2. The van der Waals surface area contributed by atoms with Gasteiger partial charge in [0.1, 0.15) is 0 Å². The van der Waals surface area contributed by atoms with Crippen molar-refractivity contribution in [2.45, 2.75) is 13.8 Å². The highest BCUT2D eigenvalue weighted by Gasteiger charge is 2.17. The molecule has 24 heavy (non-hydrogen) atoms. The van der Waals surface area contributed by atoms with Crippen molar-refractivity contribution in [2.75, 3.05) is 5.73 Å². The van der Waals surface area contributed by atoms with Crippen molar-refractivity contribution < 1.29 is 0 Å². The van der Waals surface area contributed by atoms with Crippen LogP contribution in [0.2, 0.25) is 0 Å². The van der Waals surface area contributed by atoms with E-state index in [9.17, 15) is 0 Å². The fraction of sp³-hybridized carbons (Fsp3) is 0.100. The van der Waals surface area contributed by atoms with Crippen molar-refractivity contribution in [3.8, 4) is 17.1 Å². The maximum Gasteiger partial charge on any atom is 0.0882 e. The molecule has 0 radical (unpaired) electrons. The van der Waals surface area contributed by atoms with Gasteiger partial charge in [-0.05, 0) is 55.8 Å². The topological polar surface area (TPSA) is 67.7 Å². The largest absolute Gasteiger partial charge is 0.398 e. The van der Waals surface area contributed by atoms with E-state index in [2.05, 4.69) is 16.7 Å². The summed E-state index contributed by atoms with van der Waals surface area (Å²) in [5, 5.41) is 8.69. The highest BCUT2D eigenvalue weighted by atomic mass is 15.0. The number of nitrogens with one attached hydrogen (secondary N) is 1. The summed E-state index contributed by atoms with van der Waals surface area (Å²) in [6.45, 7) is 3.96. The van der Waals surface area contributed by atoms with Crippen LogP contribution in [0.1, 0.15) is 11.1 Å². The number of aromatic nitrogens is 2. The summed E-state index contributed by atoms with van der Waals surface area (Å²) in [6, 6.07) is 17.8. The van der Waals surface area contributed by atoms with Crippen molar-refractivity contribution in [1.82, 2.24) is 9.55 Å². The number of fused-ring (bicyclic) bond motifs is 2. The maximum atomic E-state index is 8.18. The lowest BCUT2D eigenvalue weighted by molar-refractivity contribution is 1.04. The molecule has 1 aliphatic carbocycles. The van der Waals surface area contributed by atoms with E-state index in [1.165, 1.54) is 0 Å². The predicted octanol–water partition coefficient (Wildman–Crippen LogP) is 3.81. The van der Waals surface area contributed by atoms with E-state index in [4.69, 9.17) is 16.1 Å². The Morgan fingerprint density at radius 2 is 1.75 bits per heavy atom. The summed E-state index contributed by atoms with van der Waals surface area (Å²) in [4.78, 5) is 4.81. The van der Waals surface area contributed by atoms with E-state index < -0.39 is 0 Å². The van der Waals surface area contributed by atoms with Gasteiger partial charge in [0.2, 0.25) is 0 Å². The van der Waals surface area contributed by atoms with Crippen molar-refractivity contribution >= 4 is 16.7 Å². The summed E-state index contributed by atoms with van der Waals surface area (Å²) in [6.07, 6.45) is 0. The second-order valence-electron chi connectivity index (χ2n) is 6.09. The Kier molecular flexibility index (Phi) is 3.13. The molecule has 0 saturated heterocycles. The second-order valence-corrected chi connectivity index (χ2v) is 6.09. The van der Waals surface area contributed by atoms with E-state index in [1.807, 2.05) is 50.2 Å². The maximum absolute atomic E-state index is 8.18. The SMILES string of the molecule is Cc1cc2nc3ccc(=N)c(C)c-3n(-c3ccccc3)c2cc1N. The van der Waals surface area contributed by atoms with E-state index in [1.54, 1.807) is 6.07 Å². The summed E-state index contributed by atoms with van der Waals surface area (Å²) in [7, 11) is 0. The Labute approximate surface area is 140 Å². The first-order valence-electron chi connectivity index (χ1n) is 7.88. The lowest BCUT2D eigenvalue weighted by Crippen LogP contribution is -2.14. The van der Waals surface area contributed by atoms with Crippen molar-refractivity contribution in [1.29, 1.82) is 5.41 Å². The van der Waals surface area contributed by atoms with E-state index in [0.29, 0.717) is 5.36 Å². The smallest absolute Gasteiger partial charge is 0.0882 e. The first-order valence-corrected chi connectivity index (χ1v) is 7.88. The molecule has 2 aromatic carbocycles. The minimum absolute atomic E-state index is 0.508. The fourth-order valence-electron chi connectivity index (χ4n) is 3.12. The van der Waals surface area contributed by atoms with Crippen LogP contribution in [-0.2, 0) is 0 Å². The summed E-state index contributed by atoms with van der Waals surface area (Å²) < 4.78 is 2.15. The van der Waals surface area contributed by atoms with Crippen LogP contribution in [0.5, 0.6) is 0 Å². The fourth-order valence-corrected chi connectivity index (χ4v) is 3.12. The van der Waals surface area contributed by atoms with Crippen molar-refractivity contribution in [2.24, 2.45) is 0 Å². The third-order valence-corrected chi connectivity index (χ3v) is 4.49. The van der Waals surface area contributed by atoms with Crippen LogP contribution >= 0.6 is 0 Å². The molecule has 1 heterocycles. The number of anilines is 1. The van der Waals surface area contributed by atoms with Gasteiger partial charge < -0.3 is 15.7 Å². The molecule has 0 amide bonds. The molecule has 1 aliphatic heterocycles. The molecule has 0 spiro atoms. The Bertz CT molecular complexity index is 1090. The number of benzene rings is 3. The second kappa shape index (κ2) is 5.20. The third kappa shape index (κ3) is 2.07. The van der Waals surface area contributed by atoms with Crippen LogP contribution in [0.4, 0.5) is 5.69 Å². The molecule has 4 heteroatoms. The molecular formula is C20H18N4. The normalized spacial score (nSPS) is 11.2.